The lowest BCUT2D eigenvalue weighted by Gasteiger charge is -2.32. The molecule has 1 heterocycles. The quantitative estimate of drug-likeness (QED) is 0.810. The van der Waals surface area contributed by atoms with E-state index in [2.05, 4.69) is 10.6 Å². The summed E-state index contributed by atoms with van der Waals surface area (Å²) in [5.74, 6) is 0.486. The van der Waals surface area contributed by atoms with Crippen molar-refractivity contribution in [1.29, 1.82) is 0 Å². The maximum absolute atomic E-state index is 12.3. The highest BCUT2D eigenvalue weighted by molar-refractivity contribution is 5.94. The van der Waals surface area contributed by atoms with Crippen molar-refractivity contribution in [1.82, 2.24) is 15.5 Å². The number of likely N-dealkylation sites (tertiary alicyclic amines) is 1. The minimum Gasteiger partial charge on any atom is -0.355 e. The summed E-state index contributed by atoms with van der Waals surface area (Å²) < 4.78 is 0. The van der Waals surface area contributed by atoms with Crippen molar-refractivity contribution >= 4 is 17.9 Å². The van der Waals surface area contributed by atoms with E-state index in [0.717, 1.165) is 31.6 Å². The van der Waals surface area contributed by atoms with Gasteiger partial charge in [0, 0.05) is 31.8 Å². The second kappa shape index (κ2) is 8.48. The van der Waals surface area contributed by atoms with Crippen LogP contribution in [-0.4, -0.2) is 50.4 Å². The average Bonchev–Trinajstić information content (AvgIpc) is 2.60. The molecule has 1 aliphatic rings. The van der Waals surface area contributed by atoms with Crippen LogP contribution in [0.15, 0.2) is 30.3 Å². The van der Waals surface area contributed by atoms with E-state index in [0.29, 0.717) is 11.5 Å². The van der Waals surface area contributed by atoms with Crippen molar-refractivity contribution in [3.63, 3.8) is 0 Å². The highest BCUT2D eigenvalue weighted by atomic mass is 16.2. The van der Waals surface area contributed by atoms with Crippen molar-refractivity contribution in [2.24, 2.45) is 5.92 Å². The van der Waals surface area contributed by atoms with Crippen LogP contribution in [0.1, 0.15) is 28.8 Å². The van der Waals surface area contributed by atoms with Gasteiger partial charge in [0.2, 0.25) is 5.91 Å². The Morgan fingerprint density at radius 3 is 2.65 bits per heavy atom. The number of hydrogen-bond donors (Lipinski definition) is 2. The molecule has 2 amide bonds. The summed E-state index contributed by atoms with van der Waals surface area (Å²) in [6, 6.07) is 7.20. The standard InChI is InChI=1S/C18H25N3O2/c1-19-12-15-4-3-11-21(13-15)17(22)10-7-14-5-8-16(9-6-14)18(23)20-2/h5-10,15,19H,3-4,11-13H2,1-2H3,(H,20,23)/b10-7+. The zero-order valence-corrected chi connectivity index (χ0v) is 13.8. The monoisotopic (exact) mass is 315 g/mol. The Morgan fingerprint density at radius 1 is 1.26 bits per heavy atom. The molecule has 0 saturated carbocycles. The molecular formula is C18H25N3O2. The normalized spacial score (nSPS) is 18.2. The number of amides is 2. The van der Waals surface area contributed by atoms with Gasteiger partial charge in [-0.2, -0.15) is 0 Å². The van der Waals surface area contributed by atoms with Gasteiger partial charge in [-0.3, -0.25) is 9.59 Å². The molecule has 0 aliphatic carbocycles. The average molecular weight is 315 g/mol. The summed E-state index contributed by atoms with van der Waals surface area (Å²) in [6.07, 6.45) is 5.66. The van der Waals surface area contributed by atoms with Crippen molar-refractivity contribution < 1.29 is 9.59 Å². The predicted octanol–water partition coefficient (Wildman–Crippen LogP) is 1.52. The first-order valence-corrected chi connectivity index (χ1v) is 8.07. The maximum Gasteiger partial charge on any atom is 0.251 e. The van der Waals surface area contributed by atoms with Crippen LogP contribution in [0.25, 0.3) is 6.08 Å². The van der Waals surface area contributed by atoms with Crippen LogP contribution in [0, 0.1) is 5.92 Å². The zero-order valence-electron chi connectivity index (χ0n) is 13.8. The topological polar surface area (TPSA) is 61.4 Å². The van der Waals surface area contributed by atoms with E-state index in [-0.39, 0.29) is 11.8 Å². The van der Waals surface area contributed by atoms with Gasteiger partial charge in [-0.05, 0) is 56.1 Å². The number of hydrogen-bond acceptors (Lipinski definition) is 3. The highest BCUT2D eigenvalue weighted by Gasteiger charge is 2.21. The van der Waals surface area contributed by atoms with Crippen LogP contribution < -0.4 is 10.6 Å². The second-order valence-electron chi connectivity index (χ2n) is 5.88. The number of carbonyl (C=O) groups excluding carboxylic acids is 2. The molecule has 5 nitrogen and oxygen atoms in total. The first-order valence-electron chi connectivity index (χ1n) is 8.07. The van der Waals surface area contributed by atoms with E-state index in [1.54, 1.807) is 31.3 Å². The fourth-order valence-corrected chi connectivity index (χ4v) is 2.88. The number of nitrogens with zero attached hydrogens (tertiary/aromatic N) is 1. The van der Waals surface area contributed by atoms with Crippen LogP contribution in [0.5, 0.6) is 0 Å². The number of benzene rings is 1. The van der Waals surface area contributed by atoms with Gasteiger partial charge in [0.1, 0.15) is 0 Å². The lowest BCUT2D eigenvalue weighted by Crippen LogP contribution is -2.41. The molecule has 2 rings (SSSR count). The fraction of sp³-hybridized carbons (Fsp3) is 0.444. The number of rotatable bonds is 5. The third-order valence-electron chi connectivity index (χ3n) is 4.14. The number of carbonyl (C=O) groups is 2. The first-order chi connectivity index (χ1) is 11.1. The lowest BCUT2D eigenvalue weighted by atomic mass is 9.98. The maximum atomic E-state index is 12.3. The van der Waals surface area contributed by atoms with Gasteiger partial charge >= 0.3 is 0 Å². The van der Waals surface area contributed by atoms with E-state index in [4.69, 9.17) is 0 Å². The molecule has 1 aromatic carbocycles. The molecule has 0 aromatic heterocycles. The lowest BCUT2D eigenvalue weighted by molar-refractivity contribution is -0.127. The molecule has 0 radical (unpaired) electrons. The van der Waals surface area contributed by atoms with E-state index in [9.17, 15) is 9.59 Å². The fourth-order valence-electron chi connectivity index (χ4n) is 2.88. The molecule has 1 saturated heterocycles. The summed E-state index contributed by atoms with van der Waals surface area (Å²) in [5, 5.41) is 5.77. The van der Waals surface area contributed by atoms with Gasteiger partial charge in [-0.1, -0.05) is 12.1 Å². The molecule has 124 valence electrons. The summed E-state index contributed by atoms with van der Waals surface area (Å²) in [5.41, 5.74) is 1.52. The van der Waals surface area contributed by atoms with E-state index >= 15 is 0 Å². The van der Waals surface area contributed by atoms with E-state index in [1.165, 1.54) is 6.42 Å². The Bertz CT molecular complexity index is 564. The largest absolute Gasteiger partial charge is 0.355 e. The molecule has 1 fully saturated rings. The number of nitrogens with one attached hydrogen (secondary N) is 2. The molecular weight excluding hydrogens is 290 g/mol. The zero-order chi connectivity index (χ0) is 16.7. The smallest absolute Gasteiger partial charge is 0.251 e. The summed E-state index contributed by atoms with van der Waals surface area (Å²) in [7, 11) is 3.55. The highest BCUT2D eigenvalue weighted by Crippen LogP contribution is 2.16. The van der Waals surface area contributed by atoms with Crippen LogP contribution in [-0.2, 0) is 4.79 Å². The van der Waals surface area contributed by atoms with Gasteiger partial charge in [0.05, 0.1) is 0 Å². The molecule has 2 N–H and O–H groups in total. The molecule has 1 aromatic rings. The van der Waals surface area contributed by atoms with Crippen molar-refractivity contribution in [2.45, 2.75) is 12.8 Å². The van der Waals surface area contributed by atoms with Crippen LogP contribution in [0.2, 0.25) is 0 Å². The Kier molecular flexibility index (Phi) is 6.35. The Morgan fingerprint density at radius 2 is 2.00 bits per heavy atom. The van der Waals surface area contributed by atoms with Crippen LogP contribution >= 0.6 is 0 Å². The summed E-state index contributed by atoms with van der Waals surface area (Å²) in [6.45, 7) is 2.60. The van der Waals surface area contributed by atoms with E-state index < -0.39 is 0 Å². The second-order valence-corrected chi connectivity index (χ2v) is 5.88. The van der Waals surface area contributed by atoms with Crippen molar-refractivity contribution in [3.8, 4) is 0 Å². The Balaban J connectivity index is 1.93. The van der Waals surface area contributed by atoms with Crippen LogP contribution in [0.4, 0.5) is 0 Å². The minimum absolute atomic E-state index is 0.0566. The van der Waals surface area contributed by atoms with Gasteiger partial charge in [0.15, 0.2) is 0 Å². The molecule has 0 bridgehead atoms. The van der Waals surface area contributed by atoms with Gasteiger partial charge in [-0.25, -0.2) is 0 Å². The third-order valence-corrected chi connectivity index (χ3v) is 4.14. The number of piperidine rings is 1. The summed E-state index contributed by atoms with van der Waals surface area (Å²) in [4.78, 5) is 25.7. The molecule has 5 heteroatoms. The van der Waals surface area contributed by atoms with Gasteiger partial charge in [-0.15, -0.1) is 0 Å². The minimum atomic E-state index is -0.111. The molecule has 1 unspecified atom stereocenters. The van der Waals surface area contributed by atoms with Gasteiger partial charge in [0.25, 0.3) is 5.91 Å². The predicted molar refractivity (Wildman–Crippen MR) is 92.1 cm³/mol. The molecule has 1 atom stereocenters. The SMILES string of the molecule is CNCC1CCCN(C(=O)/C=C/c2ccc(C(=O)NC)cc2)C1. The van der Waals surface area contributed by atoms with Crippen molar-refractivity contribution in [3.05, 3.63) is 41.5 Å². The molecule has 23 heavy (non-hydrogen) atoms. The molecule has 0 spiro atoms. The molecule has 1 aliphatic heterocycles. The van der Waals surface area contributed by atoms with Crippen LogP contribution in [0.3, 0.4) is 0 Å². The third kappa shape index (κ3) is 4.93. The first kappa shape index (κ1) is 17.2. The van der Waals surface area contributed by atoms with Crippen molar-refractivity contribution in [2.75, 3.05) is 33.7 Å². The summed E-state index contributed by atoms with van der Waals surface area (Å²) >= 11 is 0. The Hall–Kier alpha value is -2.14. The van der Waals surface area contributed by atoms with Gasteiger partial charge < -0.3 is 15.5 Å². The Labute approximate surface area is 137 Å². The van der Waals surface area contributed by atoms with E-state index in [1.807, 2.05) is 24.1 Å².